The standard InChI is InChI=1S/C15H20N2O/c1-10(2)14-16-13(11-6-4-3-5-7-11)15(18)17(14)12-8-9-12/h3-7,10,12-14,16H,8-9H2,1-2H3. The van der Waals surface area contributed by atoms with Crippen LogP contribution in [0.15, 0.2) is 30.3 Å². The topological polar surface area (TPSA) is 32.3 Å². The van der Waals surface area contributed by atoms with Gasteiger partial charge in [0.1, 0.15) is 6.04 Å². The molecule has 0 radical (unpaired) electrons. The van der Waals surface area contributed by atoms with Crippen LogP contribution in [0.4, 0.5) is 0 Å². The van der Waals surface area contributed by atoms with Crippen LogP contribution in [0.5, 0.6) is 0 Å². The zero-order chi connectivity index (χ0) is 12.7. The van der Waals surface area contributed by atoms with E-state index in [1.165, 1.54) is 0 Å². The van der Waals surface area contributed by atoms with Gasteiger partial charge >= 0.3 is 0 Å². The molecule has 2 unspecified atom stereocenters. The number of nitrogens with zero attached hydrogens (tertiary/aromatic N) is 1. The van der Waals surface area contributed by atoms with Crippen molar-refractivity contribution < 1.29 is 4.79 Å². The third-order valence-electron chi connectivity index (χ3n) is 3.84. The quantitative estimate of drug-likeness (QED) is 0.885. The maximum absolute atomic E-state index is 12.6. The minimum Gasteiger partial charge on any atom is -0.322 e. The molecule has 2 aliphatic rings. The molecule has 18 heavy (non-hydrogen) atoms. The first kappa shape index (κ1) is 11.7. The predicted octanol–water partition coefficient (Wildman–Crippen LogP) is 2.30. The molecule has 96 valence electrons. The average molecular weight is 244 g/mol. The smallest absolute Gasteiger partial charge is 0.245 e. The molecule has 1 saturated carbocycles. The molecule has 1 N–H and O–H groups in total. The molecule has 0 spiro atoms. The summed E-state index contributed by atoms with van der Waals surface area (Å²) in [5.41, 5.74) is 1.08. The van der Waals surface area contributed by atoms with Crippen molar-refractivity contribution >= 4 is 5.91 Å². The first-order valence-corrected chi connectivity index (χ1v) is 6.81. The minimum absolute atomic E-state index is 0.154. The van der Waals surface area contributed by atoms with Crippen LogP contribution in [0, 0.1) is 5.92 Å². The maximum Gasteiger partial charge on any atom is 0.245 e. The number of carbonyl (C=O) groups excluding carboxylic acids is 1. The molecule has 3 rings (SSSR count). The van der Waals surface area contributed by atoms with E-state index in [9.17, 15) is 4.79 Å². The molecule has 1 amide bonds. The van der Waals surface area contributed by atoms with Crippen molar-refractivity contribution in [2.75, 3.05) is 0 Å². The molecule has 3 heteroatoms. The van der Waals surface area contributed by atoms with Crippen LogP contribution in [-0.2, 0) is 4.79 Å². The fraction of sp³-hybridized carbons (Fsp3) is 0.533. The second kappa shape index (κ2) is 4.39. The number of benzene rings is 1. The van der Waals surface area contributed by atoms with Crippen molar-refractivity contribution in [3.63, 3.8) is 0 Å². The largest absolute Gasteiger partial charge is 0.322 e. The number of hydrogen-bond donors (Lipinski definition) is 1. The Balaban J connectivity index is 1.88. The zero-order valence-corrected chi connectivity index (χ0v) is 11.0. The third kappa shape index (κ3) is 1.93. The SMILES string of the molecule is CC(C)C1NC(c2ccccc2)C(=O)N1C1CC1. The van der Waals surface area contributed by atoms with Gasteiger partial charge in [-0.1, -0.05) is 44.2 Å². The first-order valence-electron chi connectivity index (χ1n) is 6.81. The van der Waals surface area contributed by atoms with Gasteiger partial charge in [-0.2, -0.15) is 0 Å². The minimum atomic E-state index is -0.154. The molecule has 0 bridgehead atoms. The first-order chi connectivity index (χ1) is 8.68. The van der Waals surface area contributed by atoms with Gasteiger partial charge in [-0.25, -0.2) is 0 Å². The van der Waals surface area contributed by atoms with E-state index in [-0.39, 0.29) is 18.1 Å². The molecule has 1 aliphatic heterocycles. The van der Waals surface area contributed by atoms with Crippen LogP contribution >= 0.6 is 0 Å². The summed E-state index contributed by atoms with van der Waals surface area (Å²) < 4.78 is 0. The summed E-state index contributed by atoms with van der Waals surface area (Å²) >= 11 is 0. The summed E-state index contributed by atoms with van der Waals surface area (Å²) in [5.74, 6) is 0.700. The lowest BCUT2D eigenvalue weighted by Crippen LogP contribution is -2.42. The van der Waals surface area contributed by atoms with Gasteiger partial charge in [-0.05, 0) is 24.3 Å². The van der Waals surface area contributed by atoms with Crippen LogP contribution in [0.25, 0.3) is 0 Å². The van der Waals surface area contributed by atoms with Gasteiger partial charge in [-0.15, -0.1) is 0 Å². The van der Waals surface area contributed by atoms with E-state index in [2.05, 4.69) is 24.1 Å². The molecule has 1 aromatic rings. The van der Waals surface area contributed by atoms with Crippen LogP contribution in [0.1, 0.15) is 38.3 Å². The normalized spacial score (nSPS) is 28.2. The van der Waals surface area contributed by atoms with Crippen LogP contribution in [0.2, 0.25) is 0 Å². The Morgan fingerprint density at radius 1 is 1.22 bits per heavy atom. The van der Waals surface area contributed by atoms with Gasteiger partial charge in [0.25, 0.3) is 0 Å². The van der Waals surface area contributed by atoms with Gasteiger partial charge in [-0.3, -0.25) is 10.1 Å². The molecular formula is C15H20N2O. The highest BCUT2D eigenvalue weighted by atomic mass is 16.2. The van der Waals surface area contributed by atoms with Gasteiger partial charge < -0.3 is 4.90 Å². The van der Waals surface area contributed by atoms with E-state index in [1.807, 2.05) is 30.3 Å². The summed E-state index contributed by atoms with van der Waals surface area (Å²) in [4.78, 5) is 14.7. The molecule has 1 aromatic carbocycles. The Labute approximate surface area is 108 Å². The Morgan fingerprint density at radius 3 is 2.44 bits per heavy atom. The molecule has 1 heterocycles. The summed E-state index contributed by atoms with van der Waals surface area (Å²) in [6.45, 7) is 4.35. The van der Waals surface area contributed by atoms with E-state index >= 15 is 0 Å². The highest BCUT2D eigenvalue weighted by Gasteiger charge is 2.47. The van der Waals surface area contributed by atoms with Crippen molar-refractivity contribution in [2.45, 2.75) is 44.9 Å². The monoisotopic (exact) mass is 244 g/mol. The van der Waals surface area contributed by atoms with Crippen molar-refractivity contribution in [2.24, 2.45) is 5.92 Å². The van der Waals surface area contributed by atoms with Crippen molar-refractivity contribution in [3.05, 3.63) is 35.9 Å². The Bertz CT molecular complexity index is 439. The highest BCUT2D eigenvalue weighted by molar-refractivity contribution is 5.86. The third-order valence-corrected chi connectivity index (χ3v) is 3.84. The summed E-state index contributed by atoms with van der Waals surface area (Å²) in [7, 11) is 0. The average Bonchev–Trinajstić information content (AvgIpc) is 3.14. The molecule has 0 aromatic heterocycles. The maximum atomic E-state index is 12.6. The van der Waals surface area contributed by atoms with E-state index in [0.717, 1.165) is 18.4 Å². The van der Waals surface area contributed by atoms with Gasteiger partial charge in [0.05, 0.1) is 6.17 Å². The predicted molar refractivity (Wildman–Crippen MR) is 70.8 cm³/mol. The second-order valence-electron chi connectivity index (χ2n) is 5.68. The van der Waals surface area contributed by atoms with E-state index in [4.69, 9.17) is 0 Å². The molecule has 1 aliphatic carbocycles. The van der Waals surface area contributed by atoms with Crippen molar-refractivity contribution in [1.29, 1.82) is 0 Å². The molecule has 2 fully saturated rings. The van der Waals surface area contributed by atoms with E-state index < -0.39 is 0 Å². The van der Waals surface area contributed by atoms with Crippen LogP contribution in [0.3, 0.4) is 0 Å². The fourth-order valence-electron chi connectivity index (χ4n) is 2.77. The Hall–Kier alpha value is -1.35. The van der Waals surface area contributed by atoms with Gasteiger partial charge in [0.2, 0.25) is 5.91 Å². The number of rotatable bonds is 3. The number of hydrogen-bond acceptors (Lipinski definition) is 2. The molecule has 1 saturated heterocycles. The van der Waals surface area contributed by atoms with E-state index in [1.54, 1.807) is 0 Å². The van der Waals surface area contributed by atoms with Gasteiger partial charge in [0.15, 0.2) is 0 Å². The molecule has 2 atom stereocenters. The summed E-state index contributed by atoms with van der Waals surface area (Å²) in [6, 6.07) is 10.4. The lowest BCUT2D eigenvalue weighted by atomic mass is 10.1. The second-order valence-corrected chi connectivity index (χ2v) is 5.68. The zero-order valence-electron chi connectivity index (χ0n) is 11.0. The Kier molecular flexibility index (Phi) is 2.86. The number of carbonyl (C=O) groups is 1. The Morgan fingerprint density at radius 2 is 1.89 bits per heavy atom. The van der Waals surface area contributed by atoms with Gasteiger partial charge in [0, 0.05) is 6.04 Å². The fourth-order valence-corrected chi connectivity index (χ4v) is 2.77. The van der Waals surface area contributed by atoms with Crippen molar-refractivity contribution in [3.8, 4) is 0 Å². The molecular weight excluding hydrogens is 224 g/mol. The van der Waals surface area contributed by atoms with Crippen LogP contribution < -0.4 is 5.32 Å². The summed E-state index contributed by atoms with van der Waals surface area (Å²) in [5, 5.41) is 3.50. The highest BCUT2D eigenvalue weighted by Crippen LogP contribution is 2.36. The lowest BCUT2D eigenvalue weighted by molar-refractivity contribution is -0.131. The molecule has 3 nitrogen and oxygen atoms in total. The summed E-state index contributed by atoms with van der Waals surface area (Å²) in [6.07, 6.45) is 2.52. The van der Waals surface area contributed by atoms with Crippen molar-refractivity contribution in [1.82, 2.24) is 10.2 Å². The number of amides is 1. The van der Waals surface area contributed by atoms with E-state index in [0.29, 0.717) is 12.0 Å². The van der Waals surface area contributed by atoms with Crippen LogP contribution in [-0.4, -0.2) is 23.0 Å². The lowest BCUT2D eigenvalue weighted by Gasteiger charge is -2.26. The number of nitrogens with one attached hydrogen (secondary N) is 1.